The first-order valence-corrected chi connectivity index (χ1v) is 9.10. The van der Waals surface area contributed by atoms with Crippen LogP contribution in [-0.2, 0) is 0 Å². The Balaban J connectivity index is 1.74. The Labute approximate surface area is 163 Å². The summed E-state index contributed by atoms with van der Waals surface area (Å²) in [6.45, 7) is 4.07. The largest absolute Gasteiger partial charge is 0.340 e. The van der Waals surface area contributed by atoms with Crippen molar-refractivity contribution in [1.29, 1.82) is 0 Å². The highest BCUT2D eigenvalue weighted by atomic mass is 35.5. The highest BCUT2D eigenvalue weighted by Gasteiger charge is 2.09. The van der Waals surface area contributed by atoms with Crippen molar-refractivity contribution in [3.8, 4) is 0 Å². The molecule has 0 atom stereocenters. The number of anilines is 4. The van der Waals surface area contributed by atoms with Gasteiger partial charge in [0.05, 0.1) is 5.52 Å². The predicted octanol–water partition coefficient (Wildman–Crippen LogP) is 6.39. The lowest BCUT2D eigenvalue weighted by atomic mass is 10.2. The predicted molar refractivity (Wildman–Crippen MR) is 113 cm³/mol. The number of benzene rings is 3. The molecule has 27 heavy (non-hydrogen) atoms. The van der Waals surface area contributed by atoms with Gasteiger partial charge >= 0.3 is 0 Å². The fourth-order valence-corrected chi connectivity index (χ4v) is 3.12. The minimum absolute atomic E-state index is 0.536. The summed E-state index contributed by atoms with van der Waals surface area (Å²) in [6, 6.07) is 21.9. The molecule has 0 aliphatic rings. The quantitative estimate of drug-likeness (QED) is 0.434. The number of fused-ring (bicyclic) bond motifs is 1. The van der Waals surface area contributed by atoms with E-state index >= 15 is 0 Å². The molecule has 4 aromatic rings. The summed E-state index contributed by atoms with van der Waals surface area (Å²) >= 11 is 6.06. The normalized spacial score (nSPS) is 10.8. The maximum absolute atomic E-state index is 6.06. The Morgan fingerprint density at radius 3 is 2.37 bits per heavy atom. The average molecular weight is 375 g/mol. The number of hydrogen-bond acceptors (Lipinski definition) is 4. The van der Waals surface area contributed by atoms with Crippen molar-refractivity contribution in [2.24, 2.45) is 0 Å². The number of halogens is 1. The van der Waals surface area contributed by atoms with E-state index in [1.165, 1.54) is 5.56 Å². The number of aryl methyl sites for hydroxylation is 2. The zero-order valence-electron chi connectivity index (χ0n) is 15.1. The molecule has 3 aromatic carbocycles. The third kappa shape index (κ3) is 3.86. The van der Waals surface area contributed by atoms with Crippen LogP contribution < -0.4 is 10.6 Å². The van der Waals surface area contributed by atoms with E-state index in [2.05, 4.69) is 34.7 Å². The highest BCUT2D eigenvalue weighted by Crippen LogP contribution is 2.28. The van der Waals surface area contributed by atoms with Gasteiger partial charge in [-0.2, -0.15) is 4.98 Å². The number of rotatable bonds is 4. The molecule has 0 amide bonds. The van der Waals surface area contributed by atoms with Crippen molar-refractivity contribution in [3.63, 3.8) is 0 Å². The summed E-state index contributed by atoms with van der Waals surface area (Å²) in [5.74, 6) is 1.30. The lowest BCUT2D eigenvalue weighted by Gasteiger charge is -2.13. The number of aromatic nitrogens is 2. The molecule has 0 fully saturated rings. The van der Waals surface area contributed by atoms with Crippen LogP contribution in [0.4, 0.5) is 23.1 Å². The standard InChI is InChI=1S/C22H19ClN4/c1-14-7-10-17(11-8-14)24-21-18-5-3-4-6-20(18)26-22(27-21)25-19-12-9-16(23)13-15(19)2/h3-13H,1-2H3,(H2,24,25,26,27). The number of nitrogens with one attached hydrogen (secondary N) is 2. The molecule has 4 rings (SSSR count). The molecule has 0 radical (unpaired) electrons. The van der Waals surface area contributed by atoms with Crippen LogP contribution >= 0.6 is 11.6 Å². The smallest absolute Gasteiger partial charge is 0.229 e. The van der Waals surface area contributed by atoms with Crippen LogP contribution in [0.15, 0.2) is 66.7 Å². The summed E-state index contributed by atoms with van der Waals surface area (Å²) in [6.07, 6.45) is 0. The van der Waals surface area contributed by atoms with Crippen LogP contribution in [0.25, 0.3) is 10.9 Å². The third-order valence-electron chi connectivity index (χ3n) is 4.35. The van der Waals surface area contributed by atoms with Crippen LogP contribution in [0.5, 0.6) is 0 Å². The first-order chi connectivity index (χ1) is 13.1. The van der Waals surface area contributed by atoms with Crippen LogP contribution in [0.3, 0.4) is 0 Å². The molecule has 0 saturated carbocycles. The Hall–Kier alpha value is -3.11. The fraction of sp³-hybridized carbons (Fsp3) is 0.0909. The zero-order valence-corrected chi connectivity index (χ0v) is 15.9. The summed E-state index contributed by atoms with van der Waals surface area (Å²) in [4.78, 5) is 9.37. The molecule has 5 heteroatoms. The highest BCUT2D eigenvalue weighted by molar-refractivity contribution is 6.30. The van der Waals surface area contributed by atoms with Gasteiger partial charge in [0.2, 0.25) is 5.95 Å². The van der Waals surface area contributed by atoms with Gasteiger partial charge in [-0.05, 0) is 61.9 Å². The van der Waals surface area contributed by atoms with E-state index in [1.807, 2.05) is 61.5 Å². The van der Waals surface area contributed by atoms with Gasteiger partial charge in [-0.15, -0.1) is 0 Å². The number of hydrogen-bond donors (Lipinski definition) is 2. The average Bonchev–Trinajstić information content (AvgIpc) is 2.66. The summed E-state index contributed by atoms with van der Waals surface area (Å²) < 4.78 is 0. The first kappa shape index (κ1) is 17.3. The molecule has 0 aliphatic carbocycles. The van der Waals surface area contributed by atoms with E-state index in [1.54, 1.807) is 0 Å². The van der Waals surface area contributed by atoms with Crippen LogP contribution in [0, 0.1) is 13.8 Å². The van der Waals surface area contributed by atoms with Gasteiger partial charge in [0.15, 0.2) is 0 Å². The van der Waals surface area contributed by atoms with Crippen molar-refractivity contribution in [2.75, 3.05) is 10.6 Å². The van der Waals surface area contributed by atoms with Crippen LogP contribution in [0.2, 0.25) is 5.02 Å². The van der Waals surface area contributed by atoms with Crippen LogP contribution in [-0.4, -0.2) is 9.97 Å². The van der Waals surface area contributed by atoms with E-state index < -0.39 is 0 Å². The van der Waals surface area contributed by atoms with Crippen molar-refractivity contribution in [2.45, 2.75) is 13.8 Å². The molecule has 1 aromatic heterocycles. The van der Waals surface area contributed by atoms with E-state index in [0.717, 1.165) is 33.7 Å². The van der Waals surface area contributed by atoms with E-state index in [9.17, 15) is 0 Å². The molecule has 0 bridgehead atoms. The minimum atomic E-state index is 0.536. The second-order valence-corrected chi connectivity index (χ2v) is 6.92. The Morgan fingerprint density at radius 2 is 1.59 bits per heavy atom. The molecule has 134 valence electrons. The molecule has 0 spiro atoms. The fourth-order valence-electron chi connectivity index (χ4n) is 2.89. The molecule has 2 N–H and O–H groups in total. The molecular formula is C22H19ClN4. The first-order valence-electron chi connectivity index (χ1n) is 8.72. The van der Waals surface area contributed by atoms with Crippen LogP contribution in [0.1, 0.15) is 11.1 Å². The SMILES string of the molecule is Cc1ccc(Nc2nc(Nc3ccc(Cl)cc3C)nc3ccccc23)cc1. The lowest BCUT2D eigenvalue weighted by Crippen LogP contribution is -2.03. The molecule has 0 saturated heterocycles. The van der Waals surface area contributed by atoms with E-state index in [0.29, 0.717) is 11.0 Å². The Bertz CT molecular complexity index is 1110. The summed E-state index contributed by atoms with van der Waals surface area (Å²) in [5.41, 5.74) is 5.03. The zero-order chi connectivity index (χ0) is 18.8. The Kier molecular flexibility index (Phi) is 4.65. The molecule has 0 aliphatic heterocycles. The number of para-hydroxylation sites is 1. The van der Waals surface area contributed by atoms with Gasteiger partial charge in [0.1, 0.15) is 5.82 Å². The maximum atomic E-state index is 6.06. The van der Waals surface area contributed by atoms with Crippen molar-refractivity contribution < 1.29 is 0 Å². The maximum Gasteiger partial charge on any atom is 0.229 e. The third-order valence-corrected chi connectivity index (χ3v) is 4.59. The lowest BCUT2D eigenvalue weighted by molar-refractivity contribution is 1.20. The van der Waals surface area contributed by atoms with Gasteiger partial charge < -0.3 is 10.6 Å². The molecule has 1 heterocycles. The minimum Gasteiger partial charge on any atom is -0.340 e. The van der Waals surface area contributed by atoms with Crippen molar-refractivity contribution in [1.82, 2.24) is 9.97 Å². The number of nitrogens with zero attached hydrogens (tertiary/aromatic N) is 2. The Morgan fingerprint density at radius 1 is 0.815 bits per heavy atom. The van der Waals surface area contributed by atoms with Gasteiger partial charge in [-0.1, -0.05) is 41.4 Å². The summed E-state index contributed by atoms with van der Waals surface area (Å²) in [5, 5.41) is 8.39. The van der Waals surface area contributed by atoms with Crippen molar-refractivity contribution in [3.05, 3.63) is 82.9 Å². The van der Waals surface area contributed by atoms with Gasteiger partial charge in [-0.25, -0.2) is 4.98 Å². The molecule has 0 unspecified atom stereocenters. The second-order valence-electron chi connectivity index (χ2n) is 6.49. The van der Waals surface area contributed by atoms with Crippen molar-refractivity contribution >= 4 is 45.6 Å². The van der Waals surface area contributed by atoms with Gasteiger partial charge in [-0.3, -0.25) is 0 Å². The molecular weight excluding hydrogens is 356 g/mol. The monoisotopic (exact) mass is 374 g/mol. The van der Waals surface area contributed by atoms with Gasteiger partial charge in [0.25, 0.3) is 0 Å². The van der Waals surface area contributed by atoms with E-state index in [4.69, 9.17) is 16.6 Å². The van der Waals surface area contributed by atoms with Gasteiger partial charge in [0, 0.05) is 21.8 Å². The second kappa shape index (κ2) is 7.25. The molecule has 4 nitrogen and oxygen atoms in total. The topological polar surface area (TPSA) is 49.8 Å². The summed E-state index contributed by atoms with van der Waals surface area (Å²) in [7, 11) is 0. The van der Waals surface area contributed by atoms with E-state index in [-0.39, 0.29) is 0 Å².